The van der Waals surface area contributed by atoms with Gasteiger partial charge in [0.15, 0.2) is 11.5 Å². The van der Waals surface area contributed by atoms with Gasteiger partial charge in [0.25, 0.3) is 5.91 Å². The van der Waals surface area contributed by atoms with E-state index < -0.39 is 0 Å². The Kier molecular flexibility index (Phi) is 4.61. The largest absolute Gasteiger partial charge is 0.351 e. The molecule has 1 saturated heterocycles. The fraction of sp³-hybridized carbons (Fsp3) is 0.333. The van der Waals surface area contributed by atoms with Crippen LogP contribution in [0.15, 0.2) is 35.8 Å². The van der Waals surface area contributed by atoms with Gasteiger partial charge in [-0.25, -0.2) is 19.9 Å². The summed E-state index contributed by atoms with van der Waals surface area (Å²) in [5.41, 5.74) is 2.76. The topological polar surface area (TPSA) is 113 Å². The lowest BCUT2D eigenvalue weighted by Gasteiger charge is -2.35. The van der Waals surface area contributed by atoms with Gasteiger partial charge in [-0.1, -0.05) is 0 Å². The average Bonchev–Trinajstić information content (AvgIpc) is 3.28. The lowest BCUT2D eigenvalue weighted by atomic mass is 10.1. The van der Waals surface area contributed by atoms with Crippen molar-refractivity contribution in [1.29, 1.82) is 0 Å². The highest BCUT2D eigenvalue weighted by Gasteiger charge is 2.27. The van der Waals surface area contributed by atoms with Crippen LogP contribution in [-0.4, -0.2) is 66.5 Å². The third kappa shape index (κ3) is 3.20. The van der Waals surface area contributed by atoms with Gasteiger partial charge in [0.1, 0.15) is 23.1 Å². The van der Waals surface area contributed by atoms with Crippen molar-refractivity contribution in [3.05, 3.63) is 52.5 Å². The van der Waals surface area contributed by atoms with Crippen LogP contribution in [0.3, 0.4) is 0 Å². The van der Waals surface area contributed by atoms with Gasteiger partial charge in [-0.3, -0.25) is 9.59 Å². The molecule has 0 bridgehead atoms. The first-order valence-corrected chi connectivity index (χ1v) is 10.3. The fourth-order valence-electron chi connectivity index (χ4n) is 4.04. The SMILES string of the molecule is CCn1cc(C(=O)N2CCN(c3ncnc4nc[nH]c34)CC2)c(=O)c2ccc(C)nc21. The van der Waals surface area contributed by atoms with Crippen molar-refractivity contribution in [3.8, 4) is 0 Å². The number of fused-ring (bicyclic) bond motifs is 2. The van der Waals surface area contributed by atoms with E-state index in [2.05, 4.69) is 29.8 Å². The molecule has 0 atom stereocenters. The second-order valence-corrected chi connectivity index (χ2v) is 7.56. The van der Waals surface area contributed by atoms with E-state index in [4.69, 9.17) is 0 Å². The molecule has 1 N–H and O–H groups in total. The second-order valence-electron chi connectivity index (χ2n) is 7.56. The van der Waals surface area contributed by atoms with Gasteiger partial charge < -0.3 is 19.4 Å². The van der Waals surface area contributed by atoms with Crippen LogP contribution in [0.1, 0.15) is 23.0 Å². The maximum Gasteiger partial charge on any atom is 0.259 e. The summed E-state index contributed by atoms with van der Waals surface area (Å²) >= 11 is 0. The molecule has 0 aromatic carbocycles. The second kappa shape index (κ2) is 7.46. The van der Waals surface area contributed by atoms with Crippen LogP contribution in [0, 0.1) is 6.92 Å². The Hall–Kier alpha value is -3.82. The predicted molar refractivity (Wildman–Crippen MR) is 116 cm³/mol. The minimum atomic E-state index is -0.269. The molecule has 1 aliphatic heterocycles. The molecule has 5 heterocycles. The van der Waals surface area contributed by atoms with Crippen LogP contribution in [-0.2, 0) is 6.54 Å². The quantitative estimate of drug-likeness (QED) is 0.534. The van der Waals surface area contributed by atoms with Crippen LogP contribution in [0.25, 0.3) is 22.2 Å². The Morgan fingerprint density at radius 3 is 2.71 bits per heavy atom. The van der Waals surface area contributed by atoms with E-state index in [0.29, 0.717) is 49.4 Å². The number of aryl methyl sites for hydroxylation is 2. The molecule has 0 saturated carbocycles. The molecule has 31 heavy (non-hydrogen) atoms. The number of aromatic amines is 1. The summed E-state index contributed by atoms with van der Waals surface area (Å²) in [5, 5.41) is 0.472. The zero-order valence-corrected chi connectivity index (χ0v) is 17.4. The standard InChI is InChI=1S/C21H22N8O2/c1-3-27-10-15(17(30)14-5-4-13(2)26-19(14)27)21(31)29-8-6-28(7-9-29)20-16-18(23-11-22-16)24-12-25-20/h4-5,10-12H,3,6-9H2,1-2H3,(H,22,23,24,25). The molecule has 0 spiro atoms. The van der Waals surface area contributed by atoms with Crippen molar-refractivity contribution in [3.63, 3.8) is 0 Å². The Morgan fingerprint density at radius 2 is 1.94 bits per heavy atom. The van der Waals surface area contributed by atoms with Gasteiger partial charge in [0.2, 0.25) is 5.43 Å². The van der Waals surface area contributed by atoms with Crippen LogP contribution >= 0.6 is 0 Å². The number of hydrogen-bond donors (Lipinski definition) is 1. The molecule has 1 fully saturated rings. The van der Waals surface area contributed by atoms with Crippen LogP contribution in [0.2, 0.25) is 0 Å². The number of piperazine rings is 1. The summed E-state index contributed by atoms with van der Waals surface area (Å²) in [6.07, 6.45) is 4.73. The minimum absolute atomic E-state index is 0.187. The van der Waals surface area contributed by atoms with E-state index in [1.807, 2.05) is 18.4 Å². The highest BCUT2D eigenvalue weighted by molar-refractivity contribution is 5.97. The summed E-state index contributed by atoms with van der Waals surface area (Å²) in [6.45, 7) is 6.67. The summed E-state index contributed by atoms with van der Waals surface area (Å²) in [7, 11) is 0. The van der Waals surface area contributed by atoms with Crippen molar-refractivity contribution >= 4 is 33.9 Å². The first-order chi connectivity index (χ1) is 15.1. The van der Waals surface area contributed by atoms with Crippen molar-refractivity contribution in [2.45, 2.75) is 20.4 Å². The number of amides is 1. The number of pyridine rings is 2. The number of imidazole rings is 1. The number of nitrogens with zero attached hydrogens (tertiary/aromatic N) is 7. The third-order valence-corrected chi connectivity index (χ3v) is 5.70. The summed E-state index contributed by atoms with van der Waals surface area (Å²) in [4.78, 5) is 50.4. The van der Waals surface area contributed by atoms with Crippen molar-refractivity contribution in [2.75, 3.05) is 31.1 Å². The summed E-state index contributed by atoms with van der Waals surface area (Å²) in [5.74, 6) is 0.527. The lowest BCUT2D eigenvalue weighted by molar-refractivity contribution is 0.0744. The molecule has 4 aromatic rings. The Bertz CT molecular complexity index is 1350. The molecule has 10 heteroatoms. The molecule has 0 radical (unpaired) electrons. The number of aromatic nitrogens is 6. The molecule has 1 aliphatic rings. The van der Waals surface area contributed by atoms with Gasteiger partial charge >= 0.3 is 0 Å². The van der Waals surface area contributed by atoms with Crippen LogP contribution in [0.4, 0.5) is 5.82 Å². The molecule has 0 aliphatic carbocycles. The van der Waals surface area contributed by atoms with Gasteiger partial charge in [0.05, 0.1) is 11.7 Å². The average molecular weight is 418 g/mol. The normalized spacial score (nSPS) is 14.5. The maximum absolute atomic E-state index is 13.2. The lowest BCUT2D eigenvalue weighted by Crippen LogP contribution is -2.50. The Labute approximate surface area is 177 Å². The molecule has 1 amide bonds. The van der Waals surface area contributed by atoms with Crippen LogP contribution in [0.5, 0.6) is 0 Å². The monoisotopic (exact) mass is 418 g/mol. The molecular weight excluding hydrogens is 396 g/mol. The zero-order chi connectivity index (χ0) is 21.5. The Balaban J connectivity index is 1.41. The third-order valence-electron chi connectivity index (χ3n) is 5.70. The molecule has 158 valence electrons. The molecule has 4 aromatic heterocycles. The number of carbonyl (C=O) groups excluding carboxylic acids is 1. The smallest absolute Gasteiger partial charge is 0.259 e. The van der Waals surface area contributed by atoms with Gasteiger partial charge in [0, 0.05) is 44.6 Å². The zero-order valence-electron chi connectivity index (χ0n) is 17.4. The van der Waals surface area contributed by atoms with Crippen molar-refractivity contribution < 1.29 is 4.79 Å². The van der Waals surface area contributed by atoms with Crippen molar-refractivity contribution in [2.24, 2.45) is 0 Å². The van der Waals surface area contributed by atoms with Gasteiger partial charge in [-0.2, -0.15) is 0 Å². The number of carbonyl (C=O) groups is 1. The molecule has 10 nitrogen and oxygen atoms in total. The maximum atomic E-state index is 13.2. The van der Waals surface area contributed by atoms with Crippen molar-refractivity contribution in [1.82, 2.24) is 34.4 Å². The minimum Gasteiger partial charge on any atom is -0.351 e. The number of nitrogens with one attached hydrogen (secondary N) is 1. The number of anilines is 1. The number of rotatable bonds is 3. The Morgan fingerprint density at radius 1 is 1.13 bits per heavy atom. The van der Waals surface area contributed by atoms with E-state index in [1.54, 1.807) is 29.6 Å². The molecule has 5 rings (SSSR count). The van der Waals surface area contributed by atoms with Crippen LogP contribution < -0.4 is 10.3 Å². The van der Waals surface area contributed by atoms with E-state index in [1.165, 1.54) is 6.33 Å². The first kappa shape index (κ1) is 19.2. The summed E-state index contributed by atoms with van der Waals surface area (Å²) < 4.78 is 1.86. The fourth-order valence-corrected chi connectivity index (χ4v) is 4.04. The first-order valence-electron chi connectivity index (χ1n) is 10.3. The predicted octanol–water partition coefficient (Wildman–Crippen LogP) is 1.35. The van der Waals surface area contributed by atoms with E-state index in [-0.39, 0.29) is 16.9 Å². The molecule has 0 unspecified atom stereocenters. The number of hydrogen-bond acceptors (Lipinski definition) is 7. The number of H-pyrrole nitrogens is 1. The summed E-state index contributed by atoms with van der Waals surface area (Å²) in [6, 6.07) is 3.56. The van der Waals surface area contributed by atoms with Gasteiger partial charge in [-0.15, -0.1) is 0 Å². The van der Waals surface area contributed by atoms with E-state index >= 15 is 0 Å². The van der Waals surface area contributed by atoms with E-state index in [0.717, 1.165) is 17.0 Å². The van der Waals surface area contributed by atoms with E-state index in [9.17, 15) is 9.59 Å². The van der Waals surface area contributed by atoms with Gasteiger partial charge in [-0.05, 0) is 26.0 Å². The highest BCUT2D eigenvalue weighted by Crippen LogP contribution is 2.21. The molecular formula is C21H22N8O2. The highest BCUT2D eigenvalue weighted by atomic mass is 16.2.